The lowest BCUT2D eigenvalue weighted by atomic mass is 10.0. The van der Waals surface area contributed by atoms with E-state index in [9.17, 15) is 0 Å². The normalized spacial score (nSPS) is 11.5. The Kier molecular flexibility index (Phi) is 7.71. The molecule has 0 aliphatic heterocycles. The Hall–Kier alpha value is -7.83. The summed E-state index contributed by atoms with van der Waals surface area (Å²) in [5, 5.41) is 4.18. The number of para-hydroxylation sites is 3. The average Bonchev–Trinajstić information content (AvgIpc) is 3.86. The molecule has 0 atom stereocenters. The summed E-state index contributed by atoms with van der Waals surface area (Å²) in [6.45, 7) is 0. The van der Waals surface area contributed by atoms with Gasteiger partial charge in [0.15, 0.2) is 11.6 Å². The summed E-state index contributed by atoms with van der Waals surface area (Å²) in [5.41, 5.74) is 11.2. The molecule has 6 nitrogen and oxygen atoms in total. The highest BCUT2D eigenvalue weighted by Crippen LogP contribution is 2.41. The van der Waals surface area contributed by atoms with Crippen molar-refractivity contribution in [1.29, 1.82) is 0 Å². The molecule has 6 heteroatoms. The van der Waals surface area contributed by atoms with E-state index in [0.29, 0.717) is 17.6 Å². The Balaban J connectivity index is 1.10. The number of hydrogen-bond donors (Lipinski definition) is 0. The number of nitrogens with zero attached hydrogens (tertiary/aromatic N) is 4. The van der Waals surface area contributed by atoms with Gasteiger partial charge in [-0.15, -0.1) is 0 Å². The molecular weight excluding hydrogens is 701 g/mol. The maximum atomic E-state index is 6.42. The van der Waals surface area contributed by atoms with Gasteiger partial charge in [0.25, 0.3) is 0 Å². The van der Waals surface area contributed by atoms with E-state index in [-0.39, 0.29) is 0 Å². The van der Waals surface area contributed by atoms with Crippen LogP contribution in [-0.2, 0) is 0 Å². The molecule has 0 unspecified atom stereocenters. The van der Waals surface area contributed by atoms with Gasteiger partial charge in [0.1, 0.15) is 22.3 Å². The topological polar surface area (TPSA) is 68.2 Å². The molecule has 0 fully saturated rings. The molecule has 0 radical (unpaired) electrons. The first kappa shape index (κ1) is 32.6. The fraction of sp³-hybridized carbons (Fsp3) is 0. The van der Waals surface area contributed by atoms with Crippen LogP contribution in [0, 0.1) is 0 Å². The van der Waals surface area contributed by atoms with Crippen LogP contribution in [-0.4, -0.2) is 15.0 Å². The number of furan rings is 2. The monoisotopic (exact) mass is 732 g/mol. The number of rotatable bonds is 7. The van der Waals surface area contributed by atoms with Gasteiger partial charge in [-0.2, -0.15) is 9.97 Å². The minimum atomic E-state index is 0.489. The van der Waals surface area contributed by atoms with Gasteiger partial charge in [-0.3, -0.25) is 4.90 Å². The van der Waals surface area contributed by atoms with Crippen LogP contribution >= 0.6 is 0 Å². The minimum absolute atomic E-state index is 0.489. The van der Waals surface area contributed by atoms with Gasteiger partial charge in [0.05, 0.1) is 0 Å². The summed E-state index contributed by atoms with van der Waals surface area (Å²) in [6.07, 6.45) is 0. The van der Waals surface area contributed by atoms with E-state index in [4.69, 9.17) is 23.8 Å². The second-order valence-electron chi connectivity index (χ2n) is 14.0. The van der Waals surface area contributed by atoms with Crippen LogP contribution < -0.4 is 4.90 Å². The highest BCUT2D eigenvalue weighted by molar-refractivity contribution is 6.12. The molecular formula is C51H32N4O2. The summed E-state index contributed by atoms with van der Waals surface area (Å²) < 4.78 is 12.7. The van der Waals surface area contributed by atoms with Crippen LogP contribution in [0.1, 0.15) is 0 Å². The zero-order valence-electron chi connectivity index (χ0n) is 30.6. The number of benzene rings is 8. The standard InChI is InChI=1S/C51H32N4O2/c1-3-13-33(14-4-1)34-25-29-37(30-26-34)55(38-31-27-35(28-32-38)39-19-11-20-41-40-17-7-9-22-44(40)57-48(39)41)51-53-49(36-15-5-2-6-16-36)52-50(54-51)43-21-12-24-46-47(43)42-18-8-10-23-45(42)56-46/h1-32H. The molecule has 0 aliphatic rings. The van der Waals surface area contributed by atoms with Crippen LogP contribution in [0.2, 0.25) is 0 Å². The lowest BCUT2D eigenvalue weighted by Crippen LogP contribution is -2.15. The molecule has 0 N–H and O–H groups in total. The maximum Gasteiger partial charge on any atom is 0.238 e. The minimum Gasteiger partial charge on any atom is -0.456 e. The lowest BCUT2D eigenvalue weighted by Gasteiger charge is -2.24. The molecule has 0 bridgehead atoms. The molecule has 0 saturated heterocycles. The van der Waals surface area contributed by atoms with Crippen molar-refractivity contribution in [2.24, 2.45) is 0 Å². The largest absolute Gasteiger partial charge is 0.456 e. The van der Waals surface area contributed by atoms with Crippen LogP contribution in [0.5, 0.6) is 0 Å². The van der Waals surface area contributed by atoms with E-state index in [1.54, 1.807) is 0 Å². The van der Waals surface area contributed by atoms with Crippen LogP contribution in [0.3, 0.4) is 0 Å². The van der Waals surface area contributed by atoms with Crippen molar-refractivity contribution >= 4 is 61.2 Å². The number of fused-ring (bicyclic) bond motifs is 6. The Bertz CT molecular complexity index is 3230. The second-order valence-corrected chi connectivity index (χ2v) is 14.0. The van der Waals surface area contributed by atoms with Crippen LogP contribution in [0.15, 0.2) is 203 Å². The predicted molar refractivity (Wildman–Crippen MR) is 231 cm³/mol. The van der Waals surface area contributed by atoms with Gasteiger partial charge in [-0.25, -0.2) is 4.98 Å². The van der Waals surface area contributed by atoms with Gasteiger partial charge in [-0.05, 0) is 59.2 Å². The first-order chi connectivity index (χ1) is 28.2. The smallest absolute Gasteiger partial charge is 0.238 e. The molecule has 3 heterocycles. The van der Waals surface area contributed by atoms with Gasteiger partial charge in [0, 0.05) is 49.6 Å². The highest BCUT2D eigenvalue weighted by Gasteiger charge is 2.22. The van der Waals surface area contributed by atoms with Gasteiger partial charge >= 0.3 is 0 Å². The summed E-state index contributed by atoms with van der Waals surface area (Å²) in [6, 6.07) is 66.2. The van der Waals surface area contributed by atoms with E-state index in [1.165, 1.54) is 0 Å². The number of anilines is 3. The molecule has 8 aromatic carbocycles. The fourth-order valence-electron chi connectivity index (χ4n) is 7.84. The Labute approximate surface area is 328 Å². The lowest BCUT2D eigenvalue weighted by molar-refractivity contribution is 0.669. The van der Waals surface area contributed by atoms with Gasteiger partial charge in [0.2, 0.25) is 5.95 Å². The van der Waals surface area contributed by atoms with Crippen molar-refractivity contribution in [3.63, 3.8) is 0 Å². The van der Waals surface area contributed by atoms with Crippen LogP contribution in [0.25, 0.3) is 88.9 Å². The Morgan fingerprint density at radius 3 is 1.60 bits per heavy atom. The molecule has 268 valence electrons. The van der Waals surface area contributed by atoms with E-state index < -0.39 is 0 Å². The summed E-state index contributed by atoms with van der Waals surface area (Å²) in [4.78, 5) is 17.7. The van der Waals surface area contributed by atoms with E-state index in [0.717, 1.165) is 88.6 Å². The first-order valence-corrected chi connectivity index (χ1v) is 18.9. The van der Waals surface area contributed by atoms with Crippen molar-refractivity contribution in [2.75, 3.05) is 4.90 Å². The molecule has 0 amide bonds. The third-order valence-corrected chi connectivity index (χ3v) is 10.6. The molecule has 0 spiro atoms. The van der Waals surface area contributed by atoms with E-state index >= 15 is 0 Å². The van der Waals surface area contributed by atoms with Crippen molar-refractivity contribution in [3.8, 4) is 45.0 Å². The van der Waals surface area contributed by atoms with Gasteiger partial charge < -0.3 is 8.83 Å². The number of hydrogen-bond acceptors (Lipinski definition) is 6. The predicted octanol–water partition coefficient (Wildman–Crippen LogP) is 13.8. The zero-order valence-corrected chi connectivity index (χ0v) is 30.6. The van der Waals surface area contributed by atoms with Crippen molar-refractivity contribution in [2.45, 2.75) is 0 Å². The van der Waals surface area contributed by atoms with Crippen molar-refractivity contribution < 1.29 is 8.83 Å². The molecule has 11 aromatic rings. The van der Waals surface area contributed by atoms with Gasteiger partial charge in [-0.1, -0.05) is 152 Å². The third-order valence-electron chi connectivity index (χ3n) is 10.6. The molecule has 11 rings (SSSR count). The quantitative estimate of drug-likeness (QED) is 0.162. The first-order valence-electron chi connectivity index (χ1n) is 18.9. The maximum absolute atomic E-state index is 6.42. The summed E-state index contributed by atoms with van der Waals surface area (Å²) in [5.74, 6) is 1.61. The Morgan fingerprint density at radius 2 is 0.860 bits per heavy atom. The summed E-state index contributed by atoms with van der Waals surface area (Å²) >= 11 is 0. The zero-order chi connectivity index (χ0) is 37.7. The summed E-state index contributed by atoms with van der Waals surface area (Å²) in [7, 11) is 0. The number of aromatic nitrogens is 3. The molecule has 3 aromatic heterocycles. The molecule has 0 saturated carbocycles. The second kappa shape index (κ2) is 13.5. The van der Waals surface area contributed by atoms with Crippen molar-refractivity contribution in [3.05, 3.63) is 194 Å². The van der Waals surface area contributed by atoms with Crippen LogP contribution in [0.4, 0.5) is 17.3 Å². The molecule has 0 aliphatic carbocycles. The third kappa shape index (κ3) is 5.70. The fourth-order valence-corrected chi connectivity index (χ4v) is 7.84. The van der Waals surface area contributed by atoms with E-state index in [2.05, 4.69) is 114 Å². The highest BCUT2D eigenvalue weighted by atomic mass is 16.3. The van der Waals surface area contributed by atoms with Crippen molar-refractivity contribution in [1.82, 2.24) is 15.0 Å². The SMILES string of the molecule is c1ccc(-c2ccc(N(c3ccc(-c4cccc5c4oc4ccccc45)cc3)c3nc(-c4ccccc4)nc(-c4cccc5oc6ccccc6c45)n3)cc2)cc1. The molecule has 57 heavy (non-hydrogen) atoms. The van der Waals surface area contributed by atoms with E-state index in [1.807, 2.05) is 84.9 Å². The average molecular weight is 733 g/mol. The Morgan fingerprint density at radius 1 is 0.333 bits per heavy atom.